The van der Waals surface area contributed by atoms with Crippen LogP contribution in [0.15, 0.2) is 47.4 Å². The lowest BCUT2D eigenvalue weighted by molar-refractivity contribution is -0.137. The molecule has 0 aromatic heterocycles. The predicted molar refractivity (Wildman–Crippen MR) is 122 cm³/mol. The van der Waals surface area contributed by atoms with E-state index in [4.69, 9.17) is 4.74 Å². The predicted octanol–water partition coefficient (Wildman–Crippen LogP) is 4.25. The number of benzene rings is 2. The van der Waals surface area contributed by atoms with E-state index in [0.717, 1.165) is 31.2 Å². The van der Waals surface area contributed by atoms with Crippen LogP contribution in [0.2, 0.25) is 0 Å². The summed E-state index contributed by atoms with van der Waals surface area (Å²) in [7, 11) is -3.51. The van der Waals surface area contributed by atoms with Crippen LogP contribution in [0.3, 0.4) is 0 Å². The third-order valence-corrected chi connectivity index (χ3v) is 7.45. The average molecular weight is 497 g/mol. The lowest BCUT2D eigenvalue weighted by Crippen LogP contribution is -2.49. The highest BCUT2D eigenvalue weighted by molar-refractivity contribution is 7.90. The second-order valence-electron chi connectivity index (χ2n) is 8.91. The van der Waals surface area contributed by atoms with Gasteiger partial charge in [-0.1, -0.05) is 0 Å². The molecule has 1 heterocycles. The van der Waals surface area contributed by atoms with Crippen LogP contribution in [-0.2, 0) is 16.0 Å². The zero-order valence-corrected chi connectivity index (χ0v) is 19.8. The fraction of sp³-hybridized carbons (Fsp3) is 0.458. The first kappa shape index (κ1) is 24.4. The van der Waals surface area contributed by atoms with E-state index in [0.29, 0.717) is 43.5 Å². The minimum Gasteiger partial charge on any atom is -0.490 e. The number of anilines is 1. The van der Waals surface area contributed by atoms with Crippen LogP contribution in [0, 0.1) is 5.92 Å². The zero-order valence-electron chi connectivity index (χ0n) is 19.0. The maximum atomic E-state index is 13.4. The molecule has 1 saturated heterocycles. The number of carbonyl (C=O) groups is 1. The fourth-order valence-corrected chi connectivity index (χ4v) is 4.72. The number of ether oxygens (including phenoxy) is 1. The third-order valence-electron chi connectivity index (χ3n) is 6.33. The van der Waals surface area contributed by atoms with Gasteiger partial charge in [0.05, 0.1) is 22.1 Å². The van der Waals surface area contributed by atoms with E-state index >= 15 is 0 Å². The first-order valence-corrected chi connectivity index (χ1v) is 13.0. The average Bonchev–Trinajstić information content (AvgIpc) is 3.63. The Morgan fingerprint density at radius 3 is 2.18 bits per heavy atom. The van der Waals surface area contributed by atoms with Gasteiger partial charge >= 0.3 is 6.18 Å². The summed E-state index contributed by atoms with van der Waals surface area (Å²) in [5, 5.41) is 0. The molecule has 10 heteroatoms. The number of nitrogens with zero attached hydrogens (tertiary/aromatic N) is 2. The van der Waals surface area contributed by atoms with Gasteiger partial charge in [-0.2, -0.15) is 13.2 Å². The molecule has 0 bridgehead atoms. The normalized spacial score (nSPS) is 18.0. The second kappa shape index (κ2) is 9.13. The summed E-state index contributed by atoms with van der Waals surface area (Å²) in [6.07, 6.45) is -1.24. The largest absolute Gasteiger partial charge is 0.490 e. The lowest BCUT2D eigenvalue weighted by atomic mass is 10.1. The summed E-state index contributed by atoms with van der Waals surface area (Å²) >= 11 is 0. The summed E-state index contributed by atoms with van der Waals surface area (Å²) < 4.78 is 68.6. The number of hydrogen-bond donors (Lipinski definition) is 0. The lowest BCUT2D eigenvalue weighted by Gasteiger charge is -2.36. The van der Waals surface area contributed by atoms with Gasteiger partial charge in [0.2, 0.25) is 0 Å². The van der Waals surface area contributed by atoms with Crippen molar-refractivity contribution in [2.45, 2.75) is 36.9 Å². The van der Waals surface area contributed by atoms with Crippen molar-refractivity contribution in [1.29, 1.82) is 0 Å². The fourth-order valence-electron chi connectivity index (χ4n) is 4.07. The van der Waals surface area contributed by atoms with Crippen molar-refractivity contribution in [2.24, 2.45) is 5.92 Å². The van der Waals surface area contributed by atoms with E-state index in [1.165, 1.54) is 24.3 Å². The Bertz CT molecular complexity index is 1150. The van der Waals surface area contributed by atoms with Gasteiger partial charge in [0, 0.05) is 38.1 Å². The quantitative estimate of drug-likeness (QED) is 0.598. The molecule has 1 atom stereocenters. The molecular weight excluding hydrogens is 469 g/mol. The summed E-state index contributed by atoms with van der Waals surface area (Å²) in [5.74, 6) is 0.474. The van der Waals surface area contributed by atoms with Gasteiger partial charge in [0.1, 0.15) is 5.75 Å². The Balaban J connectivity index is 1.49. The third kappa shape index (κ3) is 5.48. The van der Waals surface area contributed by atoms with E-state index in [-0.39, 0.29) is 22.5 Å². The molecule has 1 aliphatic carbocycles. The molecule has 2 aliphatic rings. The molecule has 2 aromatic rings. The molecule has 184 valence electrons. The summed E-state index contributed by atoms with van der Waals surface area (Å²) in [6, 6.07) is 9.32. The van der Waals surface area contributed by atoms with Gasteiger partial charge in [0.15, 0.2) is 9.84 Å². The number of halogens is 3. The first-order chi connectivity index (χ1) is 15.9. The Labute approximate surface area is 197 Å². The molecular formula is C24H27F3N2O4S. The van der Waals surface area contributed by atoms with E-state index in [2.05, 4.69) is 0 Å². The van der Waals surface area contributed by atoms with Crippen LogP contribution < -0.4 is 9.64 Å². The molecule has 1 aliphatic heterocycles. The van der Waals surface area contributed by atoms with Gasteiger partial charge in [-0.05, 0) is 68.1 Å². The highest BCUT2D eigenvalue weighted by Crippen LogP contribution is 2.36. The Hall–Kier alpha value is -2.75. The minimum absolute atomic E-state index is 0.0469. The Morgan fingerprint density at radius 2 is 1.65 bits per heavy atom. The topological polar surface area (TPSA) is 66.9 Å². The van der Waals surface area contributed by atoms with Crippen LogP contribution in [0.5, 0.6) is 5.75 Å². The van der Waals surface area contributed by atoms with E-state index in [9.17, 15) is 26.4 Å². The monoisotopic (exact) mass is 496 g/mol. The minimum atomic E-state index is -4.39. The number of amides is 1. The molecule has 2 aromatic carbocycles. The molecule has 4 rings (SSSR count). The zero-order chi connectivity index (χ0) is 24.7. The SMILES string of the molecule is CC(Oc1ccc(S(C)(=O)=O)cc1C(=O)N1CCN(c2ccc(C(F)(F)F)cc2)CC1)C1CC1. The maximum Gasteiger partial charge on any atom is 0.416 e. The van der Waals surface area contributed by atoms with E-state index in [1.807, 2.05) is 11.8 Å². The van der Waals surface area contributed by atoms with Crippen molar-refractivity contribution in [3.8, 4) is 5.75 Å². The number of alkyl halides is 3. The van der Waals surface area contributed by atoms with Crippen LogP contribution in [0.25, 0.3) is 0 Å². The van der Waals surface area contributed by atoms with Gasteiger partial charge in [-0.15, -0.1) is 0 Å². The highest BCUT2D eigenvalue weighted by atomic mass is 32.2. The molecule has 2 fully saturated rings. The van der Waals surface area contributed by atoms with E-state index in [1.54, 1.807) is 11.0 Å². The van der Waals surface area contributed by atoms with Crippen molar-refractivity contribution in [3.63, 3.8) is 0 Å². The smallest absolute Gasteiger partial charge is 0.416 e. The molecule has 1 amide bonds. The number of carbonyl (C=O) groups excluding carboxylic acids is 1. The van der Waals surface area contributed by atoms with Crippen molar-refractivity contribution >= 4 is 21.4 Å². The van der Waals surface area contributed by atoms with Gasteiger partial charge in [-0.3, -0.25) is 4.79 Å². The Kier molecular flexibility index (Phi) is 6.54. The summed E-state index contributed by atoms with van der Waals surface area (Å²) in [5.41, 5.74) is 0.156. The van der Waals surface area contributed by atoms with Gasteiger partial charge in [0.25, 0.3) is 5.91 Å². The summed E-state index contributed by atoms with van der Waals surface area (Å²) in [4.78, 5) is 17.0. The van der Waals surface area contributed by atoms with Crippen molar-refractivity contribution in [3.05, 3.63) is 53.6 Å². The number of hydrogen-bond acceptors (Lipinski definition) is 5. The van der Waals surface area contributed by atoms with Crippen LogP contribution in [0.4, 0.5) is 18.9 Å². The van der Waals surface area contributed by atoms with Crippen LogP contribution >= 0.6 is 0 Å². The van der Waals surface area contributed by atoms with Gasteiger partial charge < -0.3 is 14.5 Å². The highest BCUT2D eigenvalue weighted by Gasteiger charge is 2.32. The van der Waals surface area contributed by atoms with E-state index < -0.39 is 21.6 Å². The summed E-state index contributed by atoms with van der Waals surface area (Å²) in [6.45, 7) is 3.52. The standard InChI is InChI=1S/C24H27F3N2O4S/c1-16(17-3-4-17)33-22-10-9-20(34(2,31)32)15-21(22)23(30)29-13-11-28(12-14-29)19-7-5-18(6-8-19)24(25,26)27/h5-10,15-17H,3-4,11-14H2,1-2H3. The van der Waals surface area contributed by atoms with Crippen LogP contribution in [0.1, 0.15) is 35.7 Å². The molecule has 1 saturated carbocycles. The molecule has 1 unspecified atom stereocenters. The molecule has 0 radical (unpaired) electrons. The number of rotatable bonds is 6. The van der Waals surface area contributed by atoms with Crippen molar-refractivity contribution in [1.82, 2.24) is 4.90 Å². The molecule has 6 nitrogen and oxygen atoms in total. The number of sulfone groups is 1. The first-order valence-electron chi connectivity index (χ1n) is 11.2. The van der Waals surface area contributed by atoms with Crippen LogP contribution in [-0.4, -0.2) is 57.8 Å². The van der Waals surface area contributed by atoms with Crippen molar-refractivity contribution in [2.75, 3.05) is 37.3 Å². The molecule has 34 heavy (non-hydrogen) atoms. The molecule has 0 N–H and O–H groups in total. The Morgan fingerprint density at radius 1 is 1.03 bits per heavy atom. The maximum absolute atomic E-state index is 13.4. The molecule has 0 spiro atoms. The van der Waals surface area contributed by atoms with Gasteiger partial charge in [-0.25, -0.2) is 8.42 Å². The van der Waals surface area contributed by atoms with Crippen molar-refractivity contribution < 1.29 is 31.1 Å². The second-order valence-corrected chi connectivity index (χ2v) is 10.9. The number of piperazine rings is 1.